The Balaban J connectivity index is 2.13. The standard InChI is InChI=1S/C12H24N2/c1-11(2)5-4-8-14-9-6-12(13-3)7-10-14/h5,12-13H,4,6-10H2,1-3H3. The maximum Gasteiger partial charge on any atom is 0.00884 e. The molecule has 0 bridgehead atoms. The van der Waals surface area contributed by atoms with E-state index in [0.29, 0.717) is 0 Å². The van der Waals surface area contributed by atoms with E-state index in [9.17, 15) is 0 Å². The van der Waals surface area contributed by atoms with Gasteiger partial charge < -0.3 is 10.2 Å². The molecule has 2 heteroatoms. The summed E-state index contributed by atoms with van der Waals surface area (Å²) in [7, 11) is 2.07. The molecular formula is C12H24N2. The number of hydrogen-bond donors (Lipinski definition) is 1. The molecule has 1 N–H and O–H groups in total. The summed E-state index contributed by atoms with van der Waals surface area (Å²) in [5, 5.41) is 3.36. The van der Waals surface area contributed by atoms with Crippen molar-refractivity contribution in [2.24, 2.45) is 0 Å². The molecule has 1 saturated heterocycles. The fraction of sp³-hybridized carbons (Fsp3) is 0.833. The Labute approximate surface area is 88.4 Å². The average Bonchev–Trinajstić information content (AvgIpc) is 2.18. The van der Waals surface area contributed by atoms with Gasteiger partial charge in [-0.3, -0.25) is 0 Å². The maximum absolute atomic E-state index is 3.36. The SMILES string of the molecule is CNC1CCN(CCC=C(C)C)CC1. The third-order valence-electron chi connectivity index (χ3n) is 2.99. The van der Waals surface area contributed by atoms with E-state index in [1.807, 2.05) is 0 Å². The van der Waals surface area contributed by atoms with Crippen LogP contribution in [0.5, 0.6) is 0 Å². The summed E-state index contributed by atoms with van der Waals surface area (Å²) in [4.78, 5) is 2.58. The van der Waals surface area contributed by atoms with Gasteiger partial charge in [0, 0.05) is 12.6 Å². The van der Waals surface area contributed by atoms with Gasteiger partial charge in [-0.1, -0.05) is 11.6 Å². The van der Waals surface area contributed by atoms with Crippen molar-refractivity contribution in [3.05, 3.63) is 11.6 Å². The predicted octanol–water partition coefficient (Wildman–Crippen LogP) is 2.03. The zero-order valence-electron chi connectivity index (χ0n) is 9.84. The molecule has 1 aliphatic rings. The van der Waals surface area contributed by atoms with E-state index in [1.165, 1.54) is 44.5 Å². The molecule has 0 aromatic heterocycles. The summed E-state index contributed by atoms with van der Waals surface area (Å²) in [6, 6.07) is 0.759. The lowest BCUT2D eigenvalue weighted by molar-refractivity contribution is 0.205. The summed E-state index contributed by atoms with van der Waals surface area (Å²) in [5.41, 5.74) is 1.44. The van der Waals surface area contributed by atoms with Gasteiger partial charge in [0.1, 0.15) is 0 Å². The highest BCUT2D eigenvalue weighted by Gasteiger charge is 2.16. The fourth-order valence-corrected chi connectivity index (χ4v) is 1.98. The molecular weight excluding hydrogens is 172 g/mol. The zero-order valence-corrected chi connectivity index (χ0v) is 9.84. The van der Waals surface area contributed by atoms with E-state index in [2.05, 4.69) is 37.2 Å². The van der Waals surface area contributed by atoms with Gasteiger partial charge >= 0.3 is 0 Å². The van der Waals surface area contributed by atoms with Crippen LogP contribution in [0, 0.1) is 0 Å². The van der Waals surface area contributed by atoms with Gasteiger partial charge in [0.05, 0.1) is 0 Å². The molecule has 1 fully saturated rings. The number of rotatable bonds is 4. The average molecular weight is 196 g/mol. The van der Waals surface area contributed by atoms with Crippen molar-refractivity contribution in [1.29, 1.82) is 0 Å². The van der Waals surface area contributed by atoms with Crippen molar-refractivity contribution in [2.75, 3.05) is 26.7 Å². The summed E-state index contributed by atoms with van der Waals surface area (Å²) in [5.74, 6) is 0. The number of allylic oxidation sites excluding steroid dienone is 1. The van der Waals surface area contributed by atoms with E-state index in [4.69, 9.17) is 0 Å². The predicted molar refractivity (Wildman–Crippen MR) is 62.6 cm³/mol. The Morgan fingerprint density at radius 2 is 2.00 bits per heavy atom. The second-order valence-electron chi connectivity index (χ2n) is 4.47. The molecule has 0 unspecified atom stereocenters. The first kappa shape index (κ1) is 11.7. The van der Waals surface area contributed by atoms with Crippen molar-refractivity contribution in [3.8, 4) is 0 Å². The largest absolute Gasteiger partial charge is 0.317 e. The molecule has 0 spiro atoms. The van der Waals surface area contributed by atoms with Crippen LogP contribution < -0.4 is 5.32 Å². The van der Waals surface area contributed by atoms with Crippen molar-refractivity contribution < 1.29 is 0 Å². The minimum Gasteiger partial charge on any atom is -0.317 e. The third-order valence-corrected chi connectivity index (χ3v) is 2.99. The monoisotopic (exact) mass is 196 g/mol. The molecule has 1 heterocycles. The highest BCUT2D eigenvalue weighted by atomic mass is 15.1. The van der Waals surface area contributed by atoms with Crippen molar-refractivity contribution in [1.82, 2.24) is 10.2 Å². The van der Waals surface area contributed by atoms with Crippen LogP contribution in [0.15, 0.2) is 11.6 Å². The first-order valence-corrected chi connectivity index (χ1v) is 5.75. The summed E-state index contributed by atoms with van der Waals surface area (Å²) in [6.07, 6.45) is 6.17. The van der Waals surface area contributed by atoms with Crippen LogP contribution in [0.4, 0.5) is 0 Å². The Bertz CT molecular complexity index is 175. The molecule has 0 saturated carbocycles. The third kappa shape index (κ3) is 4.25. The van der Waals surface area contributed by atoms with E-state index in [0.717, 1.165) is 6.04 Å². The van der Waals surface area contributed by atoms with Crippen LogP contribution in [0.2, 0.25) is 0 Å². The highest BCUT2D eigenvalue weighted by molar-refractivity contribution is 4.93. The molecule has 1 aliphatic heterocycles. The Kier molecular flexibility index (Phi) is 5.20. The molecule has 82 valence electrons. The molecule has 0 radical (unpaired) electrons. The van der Waals surface area contributed by atoms with Crippen LogP contribution >= 0.6 is 0 Å². The van der Waals surface area contributed by atoms with E-state index >= 15 is 0 Å². The van der Waals surface area contributed by atoms with Crippen LogP contribution in [-0.2, 0) is 0 Å². The lowest BCUT2D eigenvalue weighted by Gasteiger charge is -2.31. The van der Waals surface area contributed by atoms with Crippen LogP contribution in [0.25, 0.3) is 0 Å². The number of nitrogens with one attached hydrogen (secondary N) is 1. The molecule has 2 nitrogen and oxygen atoms in total. The number of likely N-dealkylation sites (tertiary alicyclic amines) is 1. The van der Waals surface area contributed by atoms with Crippen molar-refractivity contribution in [3.63, 3.8) is 0 Å². The first-order valence-electron chi connectivity index (χ1n) is 5.75. The molecule has 1 rings (SSSR count). The molecule has 0 aliphatic carbocycles. The summed E-state index contributed by atoms with van der Waals surface area (Å²) < 4.78 is 0. The molecule has 14 heavy (non-hydrogen) atoms. The smallest absolute Gasteiger partial charge is 0.00884 e. The van der Waals surface area contributed by atoms with Crippen molar-refractivity contribution >= 4 is 0 Å². The lowest BCUT2D eigenvalue weighted by Crippen LogP contribution is -2.41. The number of hydrogen-bond acceptors (Lipinski definition) is 2. The maximum atomic E-state index is 3.36. The van der Waals surface area contributed by atoms with E-state index < -0.39 is 0 Å². The van der Waals surface area contributed by atoms with Crippen LogP contribution in [-0.4, -0.2) is 37.6 Å². The molecule has 0 aromatic carbocycles. The Morgan fingerprint density at radius 3 is 2.50 bits per heavy atom. The van der Waals surface area contributed by atoms with Gasteiger partial charge in [0.15, 0.2) is 0 Å². The second-order valence-corrected chi connectivity index (χ2v) is 4.47. The van der Waals surface area contributed by atoms with Gasteiger partial charge in [0.25, 0.3) is 0 Å². The molecule has 0 atom stereocenters. The van der Waals surface area contributed by atoms with Gasteiger partial charge in [-0.15, -0.1) is 0 Å². The quantitative estimate of drug-likeness (QED) is 0.692. The van der Waals surface area contributed by atoms with Crippen LogP contribution in [0.3, 0.4) is 0 Å². The molecule has 0 aromatic rings. The first-order chi connectivity index (χ1) is 6.72. The summed E-state index contributed by atoms with van der Waals surface area (Å²) in [6.45, 7) is 8.12. The van der Waals surface area contributed by atoms with Crippen molar-refractivity contribution in [2.45, 2.75) is 39.2 Å². The number of piperidine rings is 1. The second kappa shape index (κ2) is 6.20. The zero-order chi connectivity index (χ0) is 10.4. The fourth-order valence-electron chi connectivity index (χ4n) is 1.98. The van der Waals surface area contributed by atoms with Crippen LogP contribution in [0.1, 0.15) is 33.1 Å². The summed E-state index contributed by atoms with van der Waals surface area (Å²) >= 11 is 0. The van der Waals surface area contributed by atoms with Gasteiger partial charge in [-0.2, -0.15) is 0 Å². The Morgan fingerprint density at radius 1 is 1.36 bits per heavy atom. The normalized spacial score (nSPS) is 19.6. The number of nitrogens with zero attached hydrogens (tertiary/aromatic N) is 1. The van der Waals surface area contributed by atoms with Gasteiger partial charge in [-0.05, 0) is 53.2 Å². The minimum absolute atomic E-state index is 0.759. The molecule has 0 amide bonds. The lowest BCUT2D eigenvalue weighted by atomic mass is 10.1. The minimum atomic E-state index is 0.759. The highest BCUT2D eigenvalue weighted by Crippen LogP contribution is 2.10. The topological polar surface area (TPSA) is 15.3 Å². The van der Waals surface area contributed by atoms with Gasteiger partial charge in [0.2, 0.25) is 0 Å². The van der Waals surface area contributed by atoms with E-state index in [-0.39, 0.29) is 0 Å². The van der Waals surface area contributed by atoms with E-state index in [1.54, 1.807) is 0 Å². The Hall–Kier alpha value is -0.340. The van der Waals surface area contributed by atoms with Gasteiger partial charge in [-0.25, -0.2) is 0 Å².